The van der Waals surface area contributed by atoms with Crippen LogP contribution >= 0.6 is 11.6 Å². The first-order chi connectivity index (χ1) is 19.6. The first-order valence-electron chi connectivity index (χ1n) is 13.5. The van der Waals surface area contributed by atoms with Crippen LogP contribution in [0.3, 0.4) is 0 Å². The Bertz CT molecular complexity index is 1610. The molecule has 1 aliphatic heterocycles. The van der Waals surface area contributed by atoms with Crippen LogP contribution in [0.25, 0.3) is 22.3 Å². The second-order valence-electron chi connectivity index (χ2n) is 11.3. The molecule has 9 nitrogen and oxygen atoms in total. The van der Waals surface area contributed by atoms with Crippen molar-refractivity contribution in [3.05, 3.63) is 70.9 Å². The monoisotopic (exact) mass is 572 g/mol. The van der Waals surface area contributed by atoms with Crippen LogP contribution in [-0.2, 0) is 11.3 Å². The molecule has 0 spiro atoms. The van der Waals surface area contributed by atoms with Crippen LogP contribution in [0.2, 0.25) is 5.02 Å². The number of hydrogen-bond acceptors (Lipinski definition) is 7. The predicted octanol–water partition coefficient (Wildman–Crippen LogP) is 5.87. The lowest BCUT2D eigenvalue weighted by atomic mass is 9.92. The average Bonchev–Trinajstić information content (AvgIpc) is 2.90. The Morgan fingerprint density at radius 2 is 1.85 bits per heavy atom. The standard InChI is InChI=1S/C31H33ClN6O3/c1-31(2,3)17-26(39)34-18-19-6-9-24(32)23(14-19)30(40)35-21-7-8-22-25(16-21)36-28(37-29(22)38-12-5-13-38)20-10-11-33-27(15-20)41-4/h6-11,14-16H,5,12-13,17-18H2,1-4H3,(H,34,39)(H,35,40). The number of nitrogens with zero attached hydrogens (tertiary/aromatic N) is 4. The number of hydrogen-bond donors (Lipinski definition) is 2. The van der Waals surface area contributed by atoms with Crippen molar-refractivity contribution in [2.45, 2.75) is 40.2 Å². The Hall–Kier alpha value is -4.24. The van der Waals surface area contributed by atoms with Crippen molar-refractivity contribution in [3.8, 4) is 17.3 Å². The van der Waals surface area contributed by atoms with E-state index in [2.05, 4.69) is 20.5 Å². The minimum absolute atomic E-state index is 0.0428. The van der Waals surface area contributed by atoms with Gasteiger partial charge < -0.3 is 20.3 Å². The molecule has 0 bridgehead atoms. The molecule has 2 aromatic carbocycles. The van der Waals surface area contributed by atoms with Crippen molar-refractivity contribution >= 4 is 45.8 Å². The third-order valence-electron chi connectivity index (χ3n) is 6.75. The largest absolute Gasteiger partial charge is 0.481 e. The van der Waals surface area contributed by atoms with Crippen molar-refractivity contribution in [2.24, 2.45) is 5.41 Å². The number of aromatic nitrogens is 3. The number of halogens is 1. The third-order valence-corrected chi connectivity index (χ3v) is 7.08. The molecule has 4 aromatic rings. The molecule has 1 saturated heterocycles. The van der Waals surface area contributed by atoms with E-state index in [9.17, 15) is 9.59 Å². The molecule has 2 N–H and O–H groups in total. The van der Waals surface area contributed by atoms with Crippen LogP contribution in [0, 0.1) is 5.41 Å². The summed E-state index contributed by atoms with van der Waals surface area (Å²) in [5, 5.41) is 7.10. The summed E-state index contributed by atoms with van der Waals surface area (Å²) >= 11 is 6.40. The zero-order valence-electron chi connectivity index (χ0n) is 23.6. The van der Waals surface area contributed by atoms with Gasteiger partial charge in [-0.2, -0.15) is 0 Å². The molecule has 0 saturated carbocycles. The molecule has 10 heteroatoms. The van der Waals surface area contributed by atoms with Crippen LogP contribution in [0.4, 0.5) is 11.5 Å². The maximum atomic E-state index is 13.3. The highest BCUT2D eigenvalue weighted by Gasteiger charge is 2.22. The van der Waals surface area contributed by atoms with Gasteiger partial charge in [-0.15, -0.1) is 0 Å². The highest BCUT2D eigenvalue weighted by atomic mass is 35.5. The molecule has 5 rings (SSSR count). The van der Waals surface area contributed by atoms with Crippen molar-refractivity contribution in [2.75, 3.05) is 30.4 Å². The van der Waals surface area contributed by atoms with Crippen LogP contribution in [-0.4, -0.2) is 47.0 Å². The molecule has 2 amide bonds. The molecule has 2 aromatic heterocycles. The van der Waals surface area contributed by atoms with Gasteiger partial charge in [-0.3, -0.25) is 9.59 Å². The first kappa shape index (κ1) is 28.3. The van der Waals surface area contributed by atoms with Crippen molar-refractivity contribution in [1.29, 1.82) is 0 Å². The zero-order chi connectivity index (χ0) is 29.1. The normalized spacial score (nSPS) is 13.0. The molecule has 41 heavy (non-hydrogen) atoms. The van der Waals surface area contributed by atoms with Gasteiger partial charge in [0.2, 0.25) is 11.8 Å². The van der Waals surface area contributed by atoms with Crippen molar-refractivity contribution in [1.82, 2.24) is 20.3 Å². The quantitative estimate of drug-likeness (QED) is 0.272. The minimum Gasteiger partial charge on any atom is -0.481 e. The van der Waals surface area contributed by atoms with E-state index in [1.165, 1.54) is 0 Å². The Kier molecular flexibility index (Phi) is 8.08. The summed E-state index contributed by atoms with van der Waals surface area (Å²) in [5.74, 6) is 1.49. The molecular formula is C31H33ClN6O3. The summed E-state index contributed by atoms with van der Waals surface area (Å²) in [6.45, 7) is 8.20. The second-order valence-corrected chi connectivity index (χ2v) is 11.7. The maximum Gasteiger partial charge on any atom is 0.257 e. The minimum atomic E-state index is -0.353. The predicted molar refractivity (Wildman–Crippen MR) is 161 cm³/mol. The summed E-state index contributed by atoms with van der Waals surface area (Å²) in [7, 11) is 1.57. The average molecular weight is 573 g/mol. The molecule has 0 unspecified atom stereocenters. The smallest absolute Gasteiger partial charge is 0.257 e. The van der Waals surface area contributed by atoms with Gasteiger partial charge in [0, 0.05) is 55.0 Å². The summed E-state index contributed by atoms with van der Waals surface area (Å²) in [5.41, 5.74) is 3.06. The lowest BCUT2D eigenvalue weighted by molar-refractivity contribution is -0.122. The highest BCUT2D eigenvalue weighted by Crippen LogP contribution is 2.32. The fourth-order valence-electron chi connectivity index (χ4n) is 4.55. The van der Waals surface area contributed by atoms with E-state index in [4.69, 9.17) is 26.3 Å². The van der Waals surface area contributed by atoms with Gasteiger partial charge in [-0.1, -0.05) is 38.4 Å². The Morgan fingerprint density at radius 1 is 1.05 bits per heavy atom. The molecule has 0 aliphatic carbocycles. The number of carbonyl (C=O) groups is 2. The number of carbonyl (C=O) groups excluding carboxylic acids is 2. The van der Waals surface area contributed by atoms with E-state index < -0.39 is 0 Å². The fraction of sp³-hybridized carbons (Fsp3) is 0.323. The topological polar surface area (TPSA) is 109 Å². The molecule has 3 heterocycles. The Labute approximate surface area is 244 Å². The number of fused-ring (bicyclic) bond motifs is 1. The van der Waals surface area contributed by atoms with Crippen LogP contribution in [0.1, 0.15) is 49.5 Å². The molecule has 1 fully saturated rings. The van der Waals surface area contributed by atoms with Gasteiger partial charge in [0.15, 0.2) is 5.82 Å². The highest BCUT2D eigenvalue weighted by molar-refractivity contribution is 6.34. The first-order valence-corrected chi connectivity index (χ1v) is 13.9. The summed E-state index contributed by atoms with van der Waals surface area (Å²) in [6, 6.07) is 14.4. The van der Waals surface area contributed by atoms with Gasteiger partial charge in [0.05, 0.1) is 23.2 Å². The van der Waals surface area contributed by atoms with E-state index in [1.54, 1.807) is 37.6 Å². The van der Waals surface area contributed by atoms with E-state index in [0.717, 1.165) is 41.8 Å². The van der Waals surface area contributed by atoms with Crippen LogP contribution < -0.4 is 20.3 Å². The van der Waals surface area contributed by atoms with Gasteiger partial charge in [-0.05, 0) is 53.8 Å². The number of ether oxygens (including phenoxy) is 1. The number of nitrogens with one attached hydrogen (secondary N) is 2. The number of amides is 2. The number of benzene rings is 2. The summed E-state index contributed by atoms with van der Waals surface area (Å²) < 4.78 is 5.29. The van der Waals surface area contributed by atoms with E-state index in [-0.39, 0.29) is 17.2 Å². The van der Waals surface area contributed by atoms with Crippen molar-refractivity contribution < 1.29 is 14.3 Å². The van der Waals surface area contributed by atoms with Gasteiger partial charge in [0.25, 0.3) is 5.91 Å². The number of anilines is 2. The molecule has 212 valence electrons. The SMILES string of the molecule is COc1cc(-c2nc(N3CCC3)c3ccc(NC(=O)c4cc(CNC(=O)CC(C)(C)C)ccc4Cl)cc3n2)ccn1. The Morgan fingerprint density at radius 3 is 2.56 bits per heavy atom. The summed E-state index contributed by atoms with van der Waals surface area (Å²) in [6.07, 6.45) is 3.18. The van der Waals surface area contributed by atoms with Gasteiger partial charge in [-0.25, -0.2) is 15.0 Å². The van der Waals surface area contributed by atoms with Crippen LogP contribution in [0.15, 0.2) is 54.7 Å². The third kappa shape index (κ3) is 6.74. The lowest BCUT2D eigenvalue weighted by Gasteiger charge is -2.33. The number of pyridine rings is 1. The van der Waals surface area contributed by atoms with Gasteiger partial charge >= 0.3 is 0 Å². The maximum absolute atomic E-state index is 13.3. The molecule has 0 atom stereocenters. The molecule has 1 aliphatic rings. The van der Waals surface area contributed by atoms with E-state index in [1.807, 2.05) is 45.0 Å². The number of rotatable bonds is 8. The van der Waals surface area contributed by atoms with Crippen LogP contribution in [0.5, 0.6) is 5.88 Å². The molecule has 0 radical (unpaired) electrons. The van der Waals surface area contributed by atoms with Gasteiger partial charge in [0.1, 0.15) is 5.82 Å². The second kappa shape index (κ2) is 11.7. The lowest BCUT2D eigenvalue weighted by Crippen LogP contribution is -2.37. The molecular weight excluding hydrogens is 540 g/mol. The van der Waals surface area contributed by atoms with E-state index in [0.29, 0.717) is 46.5 Å². The summed E-state index contributed by atoms with van der Waals surface area (Å²) in [4.78, 5) is 41.7. The Balaban J connectivity index is 1.40. The van der Waals surface area contributed by atoms with E-state index >= 15 is 0 Å². The number of methoxy groups -OCH3 is 1. The van der Waals surface area contributed by atoms with Crippen molar-refractivity contribution in [3.63, 3.8) is 0 Å². The fourth-order valence-corrected chi connectivity index (χ4v) is 4.75. The zero-order valence-corrected chi connectivity index (χ0v) is 24.4.